The van der Waals surface area contributed by atoms with Crippen LogP contribution < -0.4 is 10.1 Å². The predicted molar refractivity (Wildman–Crippen MR) is 133 cm³/mol. The molecule has 3 heteroatoms. The van der Waals surface area contributed by atoms with Gasteiger partial charge in [0.1, 0.15) is 5.75 Å². The molecule has 31 heavy (non-hydrogen) atoms. The fourth-order valence-corrected chi connectivity index (χ4v) is 4.06. The van der Waals surface area contributed by atoms with Crippen molar-refractivity contribution in [3.63, 3.8) is 0 Å². The van der Waals surface area contributed by atoms with Gasteiger partial charge in [-0.05, 0) is 17.9 Å². The van der Waals surface area contributed by atoms with Crippen molar-refractivity contribution in [2.24, 2.45) is 0 Å². The van der Waals surface area contributed by atoms with Crippen molar-refractivity contribution in [3.8, 4) is 5.75 Å². The SMILES string of the molecule is CCCCCCCCCCCCCCCCNC(=O)COc1cccc2ccccc12. The minimum absolute atomic E-state index is 0.0392. The van der Waals surface area contributed by atoms with E-state index in [4.69, 9.17) is 4.74 Å². The number of amides is 1. The number of nitrogens with one attached hydrogen (secondary N) is 1. The summed E-state index contributed by atoms with van der Waals surface area (Å²) in [6, 6.07) is 14.0. The molecule has 0 fully saturated rings. The van der Waals surface area contributed by atoms with Gasteiger partial charge in [-0.1, -0.05) is 127 Å². The number of carbonyl (C=O) groups excluding carboxylic acids is 1. The van der Waals surface area contributed by atoms with Crippen LogP contribution in [0.25, 0.3) is 10.8 Å². The van der Waals surface area contributed by atoms with Crippen molar-refractivity contribution in [1.82, 2.24) is 5.32 Å². The maximum Gasteiger partial charge on any atom is 0.257 e. The van der Waals surface area contributed by atoms with E-state index < -0.39 is 0 Å². The molecule has 0 aromatic heterocycles. The molecule has 1 N–H and O–H groups in total. The monoisotopic (exact) mass is 425 g/mol. The summed E-state index contributed by atoms with van der Waals surface area (Å²) in [5.74, 6) is 0.729. The van der Waals surface area contributed by atoms with Crippen LogP contribution in [0.4, 0.5) is 0 Å². The molecule has 0 aliphatic heterocycles. The summed E-state index contributed by atoms with van der Waals surface area (Å²) in [7, 11) is 0. The first-order chi connectivity index (χ1) is 15.3. The largest absolute Gasteiger partial charge is 0.483 e. The van der Waals surface area contributed by atoms with Gasteiger partial charge >= 0.3 is 0 Å². The standard InChI is InChI=1S/C28H43NO2/c1-2-3-4-5-6-7-8-9-10-11-12-13-14-17-23-29-28(30)24-31-27-22-18-20-25-19-15-16-21-26(25)27/h15-16,18-22H,2-14,17,23-24H2,1H3,(H,29,30). The Hall–Kier alpha value is -2.03. The predicted octanol–water partition coefficient (Wildman–Crippen LogP) is 7.82. The summed E-state index contributed by atoms with van der Waals surface area (Å²) < 4.78 is 5.74. The molecular formula is C28H43NO2. The first kappa shape index (κ1) is 25.2. The highest BCUT2D eigenvalue weighted by molar-refractivity contribution is 5.88. The maximum atomic E-state index is 12.1. The van der Waals surface area contributed by atoms with E-state index in [1.807, 2.05) is 30.3 Å². The summed E-state index contributed by atoms with van der Waals surface area (Å²) in [5, 5.41) is 5.15. The van der Waals surface area contributed by atoms with Crippen molar-refractivity contribution >= 4 is 16.7 Å². The molecule has 2 aromatic carbocycles. The van der Waals surface area contributed by atoms with Crippen LogP contribution in [0.2, 0.25) is 0 Å². The second-order valence-electron chi connectivity index (χ2n) is 8.71. The zero-order valence-electron chi connectivity index (χ0n) is 19.7. The minimum atomic E-state index is -0.0392. The van der Waals surface area contributed by atoms with Gasteiger partial charge in [0.15, 0.2) is 6.61 Å². The van der Waals surface area contributed by atoms with Crippen LogP contribution >= 0.6 is 0 Å². The third kappa shape index (κ3) is 11.2. The maximum absolute atomic E-state index is 12.1. The van der Waals surface area contributed by atoms with E-state index in [2.05, 4.69) is 24.4 Å². The minimum Gasteiger partial charge on any atom is -0.483 e. The topological polar surface area (TPSA) is 38.3 Å². The van der Waals surface area contributed by atoms with Crippen molar-refractivity contribution in [2.45, 2.75) is 96.8 Å². The number of benzene rings is 2. The highest BCUT2D eigenvalue weighted by atomic mass is 16.5. The van der Waals surface area contributed by atoms with Gasteiger partial charge in [-0.15, -0.1) is 0 Å². The third-order valence-corrected chi connectivity index (χ3v) is 5.96. The molecule has 2 rings (SSSR count). The first-order valence-electron chi connectivity index (χ1n) is 12.7. The van der Waals surface area contributed by atoms with Gasteiger partial charge < -0.3 is 10.1 Å². The normalized spacial score (nSPS) is 11.0. The van der Waals surface area contributed by atoms with Gasteiger partial charge in [0.05, 0.1) is 0 Å². The zero-order chi connectivity index (χ0) is 22.0. The molecule has 0 saturated heterocycles. The lowest BCUT2D eigenvalue weighted by molar-refractivity contribution is -0.123. The van der Waals surface area contributed by atoms with E-state index in [9.17, 15) is 4.79 Å². The Labute approximate surface area is 190 Å². The number of fused-ring (bicyclic) bond motifs is 1. The van der Waals surface area contributed by atoms with Crippen LogP contribution in [-0.4, -0.2) is 19.1 Å². The van der Waals surface area contributed by atoms with Gasteiger partial charge in [-0.2, -0.15) is 0 Å². The Kier molecular flexibility index (Phi) is 13.5. The van der Waals surface area contributed by atoms with E-state index in [1.165, 1.54) is 83.5 Å². The lowest BCUT2D eigenvalue weighted by Gasteiger charge is -2.10. The number of hydrogen-bond donors (Lipinski definition) is 1. The van der Waals surface area contributed by atoms with Crippen molar-refractivity contribution in [3.05, 3.63) is 42.5 Å². The lowest BCUT2D eigenvalue weighted by atomic mass is 10.0. The number of rotatable bonds is 18. The Bertz CT molecular complexity index is 723. The van der Waals surface area contributed by atoms with Crippen molar-refractivity contribution in [2.75, 3.05) is 13.2 Å². The molecule has 0 atom stereocenters. The van der Waals surface area contributed by atoms with Gasteiger partial charge in [0.2, 0.25) is 0 Å². The molecule has 0 saturated carbocycles. The van der Waals surface area contributed by atoms with E-state index in [1.54, 1.807) is 0 Å². The number of carbonyl (C=O) groups is 1. The highest BCUT2D eigenvalue weighted by Gasteiger charge is 2.05. The number of hydrogen-bond acceptors (Lipinski definition) is 2. The summed E-state index contributed by atoms with van der Waals surface area (Å²) >= 11 is 0. The van der Waals surface area contributed by atoms with Crippen LogP contribution in [0, 0.1) is 0 Å². The molecule has 2 aromatic rings. The fourth-order valence-electron chi connectivity index (χ4n) is 4.06. The smallest absolute Gasteiger partial charge is 0.257 e. The van der Waals surface area contributed by atoms with Crippen molar-refractivity contribution < 1.29 is 9.53 Å². The molecule has 0 bridgehead atoms. The summed E-state index contributed by atoms with van der Waals surface area (Å²) in [6.07, 6.45) is 18.9. The van der Waals surface area contributed by atoms with Crippen LogP contribution in [0.3, 0.4) is 0 Å². The summed E-state index contributed by atoms with van der Waals surface area (Å²) in [5.41, 5.74) is 0. The quantitative estimate of drug-likeness (QED) is 0.247. The van der Waals surface area contributed by atoms with E-state index in [0.29, 0.717) is 0 Å². The molecule has 0 aliphatic carbocycles. The Morgan fingerprint density at radius 2 is 1.26 bits per heavy atom. The molecule has 0 radical (unpaired) electrons. The zero-order valence-corrected chi connectivity index (χ0v) is 19.7. The fraction of sp³-hybridized carbons (Fsp3) is 0.607. The summed E-state index contributed by atoms with van der Waals surface area (Å²) in [4.78, 5) is 12.1. The molecule has 0 spiro atoms. The average molecular weight is 426 g/mol. The molecular weight excluding hydrogens is 382 g/mol. The van der Waals surface area contributed by atoms with Crippen LogP contribution in [0.5, 0.6) is 5.75 Å². The van der Waals surface area contributed by atoms with Crippen LogP contribution in [0.1, 0.15) is 96.8 Å². The second kappa shape index (κ2) is 16.6. The van der Waals surface area contributed by atoms with Gasteiger partial charge in [0.25, 0.3) is 5.91 Å². The highest BCUT2D eigenvalue weighted by Crippen LogP contribution is 2.24. The molecule has 1 amide bonds. The molecule has 0 heterocycles. The van der Waals surface area contributed by atoms with Crippen LogP contribution in [0.15, 0.2) is 42.5 Å². The lowest BCUT2D eigenvalue weighted by Crippen LogP contribution is -2.29. The first-order valence-corrected chi connectivity index (χ1v) is 12.7. The second-order valence-corrected chi connectivity index (χ2v) is 8.71. The van der Waals surface area contributed by atoms with E-state index in [0.717, 1.165) is 29.5 Å². The summed E-state index contributed by atoms with van der Waals surface area (Å²) in [6.45, 7) is 3.10. The Balaban J connectivity index is 1.39. The Morgan fingerprint density at radius 1 is 0.710 bits per heavy atom. The van der Waals surface area contributed by atoms with E-state index in [-0.39, 0.29) is 12.5 Å². The van der Waals surface area contributed by atoms with Gasteiger partial charge in [-0.3, -0.25) is 4.79 Å². The van der Waals surface area contributed by atoms with Crippen molar-refractivity contribution in [1.29, 1.82) is 0 Å². The van der Waals surface area contributed by atoms with Crippen LogP contribution in [-0.2, 0) is 4.79 Å². The van der Waals surface area contributed by atoms with Gasteiger partial charge in [-0.25, -0.2) is 0 Å². The molecule has 172 valence electrons. The molecule has 0 unspecified atom stereocenters. The Morgan fingerprint density at radius 3 is 1.90 bits per heavy atom. The third-order valence-electron chi connectivity index (χ3n) is 5.96. The van der Waals surface area contributed by atoms with Gasteiger partial charge in [0, 0.05) is 11.9 Å². The molecule has 3 nitrogen and oxygen atoms in total. The molecule has 0 aliphatic rings. The average Bonchev–Trinajstić information content (AvgIpc) is 2.80. The number of unbranched alkanes of at least 4 members (excludes halogenated alkanes) is 13. The number of ether oxygens (including phenoxy) is 1. The van der Waals surface area contributed by atoms with E-state index >= 15 is 0 Å².